The second kappa shape index (κ2) is 7.77. The van der Waals surface area contributed by atoms with E-state index >= 15 is 0 Å². The van der Waals surface area contributed by atoms with E-state index in [2.05, 4.69) is 39.7 Å². The summed E-state index contributed by atoms with van der Waals surface area (Å²) in [4.78, 5) is 6.28. The molecule has 1 aromatic rings. The van der Waals surface area contributed by atoms with E-state index in [-0.39, 0.29) is 5.82 Å². The van der Waals surface area contributed by atoms with E-state index in [1.54, 1.807) is 12.3 Å². The van der Waals surface area contributed by atoms with Crippen LogP contribution in [0.25, 0.3) is 0 Å². The van der Waals surface area contributed by atoms with Crippen molar-refractivity contribution < 1.29 is 4.39 Å². The lowest BCUT2D eigenvalue weighted by atomic mass is 10.1. The first-order valence-corrected chi connectivity index (χ1v) is 7.22. The van der Waals surface area contributed by atoms with Gasteiger partial charge >= 0.3 is 0 Å². The van der Waals surface area contributed by atoms with Crippen LogP contribution in [0, 0.1) is 5.82 Å². The van der Waals surface area contributed by atoms with Crippen LogP contribution >= 0.6 is 15.9 Å². The zero-order chi connectivity index (χ0) is 12.7. The monoisotopic (exact) mass is 302 g/mol. The van der Waals surface area contributed by atoms with Crippen molar-refractivity contribution in [3.05, 3.63) is 29.8 Å². The summed E-state index contributed by atoms with van der Waals surface area (Å²) in [6, 6.07) is 2.12. The molecule has 0 aromatic carbocycles. The van der Waals surface area contributed by atoms with Crippen molar-refractivity contribution in [1.29, 1.82) is 0 Å². The number of pyridine rings is 1. The smallest absolute Gasteiger partial charge is 0.141 e. The minimum Gasteiger partial charge on any atom is -0.295 e. The van der Waals surface area contributed by atoms with Crippen molar-refractivity contribution in [2.45, 2.75) is 39.3 Å². The van der Waals surface area contributed by atoms with Crippen molar-refractivity contribution in [3.8, 4) is 0 Å². The van der Waals surface area contributed by atoms with Crippen LogP contribution in [0.1, 0.15) is 32.3 Å². The van der Waals surface area contributed by atoms with Crippen LogP contribution in [0.3, 0.4) is 0 Å². The molecule has 2 nitrogen and oxygen atoms in total. The molecule has 0 radical (unpaired) electrons. The van der Waals surface area contributed by atoms with Gasteiger partial charge in [-0.15, -0.1) is 0 Å². The molecule has 0 bridgehead atoms. The Balaban J connectivity index is 2.71. The molecule has 0 saturated carbocycles. The van der Waals surface area contributed by atoms with E-state index in [1.165, 1.54) is 6.20 Å². The largest absolute Gasteiger partial charge is 0.295 e. The van der Waals surface area contributed by atoms with Crippen LogP contribution in [-0.4, -0.2) is 27.8 Å². The fourth-order valence-corrected chi connectivity index (χ4v) is 2.54. The minimum atomic E-state index is -0.258. The van der Waals surface area contributed by atoms with E-state index in [0.717, 1.165) is 36.8 Å². The SMILES string of the molecule is CCC(CC)N(CCBr)Cc1cncc(F)c1. The molecule has 0 spiro atoms. The van der Waals surface area contributed by atoms with Gasteiger partial charge in [-0.3, -0.25) is 9.88 Å². The second-order valence-electron chi connectivity index (χ2n) is 4.14. The lowest BCUT2D eigenvalue weighted by Crippen LogP contribution is -2.35. The predicted octanol–water partition coefficient (Wildman–Crippen LogP) is 3.61. The first kappa shape index (κ1) is 14.6. The highest BCUT2D eigenvalue weighted by Gasteiger charge is 2.15. The number of hydrogen-bond acceptors (Lipinski definition) is 2. The summed E-state index contributed by atoms with van der Waals surface area (Å²) in [6.45, 7) is 6.13. The molecule has 0 aliphatic carbocycles. The van der Waals surface area contributed by atoms with Crippen molar-refractivity contribution in [2.24, 2.45) is 0 Å². The average molecular weight is 303 g/mol. The highest BCUT2D eigenvalue weighted by atomic mass is 79.9. The van der Waals surface area contributed by atoms with Crippen LogP contribution in [-0.2, 0) is 6.54 Å². The van der Waals surface area contributed by atoms with Crippen molar-refractivity contribution >= 4 is 15.9 Å². The van der Waals surface area contributed by atoms with Crippen molar-refractivity contribution in [3.63, 3.8) is 0 Å². The Labute approximate surface area is 111 Å². The number of nitrogens with zero attached hydrogens (tertiary/aromatic N) is 2. The van der Waals surface area contributed by atoms with Gasteiger partial charge in [0.1, 0.15) is 5.82 Å². The van der Waals surface area contributed by atoms with Gasteiger partial charge in [-0.2, -0.15) is 0 Å². The molecule has 1 heterocycles. The van der Waals surface area contributed by atoms with Crippen LogP contribution < -0.4 is 0 Å². The molecule has 1 rings (SSSR count). The third-order valence-electron chi connectivity index (χ3n) is 2.98. The maximum Gasteiger partial charge on any atom is 0.141 e. The van der Waals surface area contributed by atoms with Gasteiger partial charge in [0.2, 0.25) is 0 Å². The Bertz CT molecular complexity index is 329. The van der Waals surface area contributed by atoms with Gasteiger partial charge in [-0.1, -0.05) is 29.8 Å². The number of aromatic nitrogens is 1. The first-order valence-electron chi connectivity index (χ1n) is 6.10. The van der Waals surface area contributed by atoms with Gasteiger partial charge < -0.3 is 0 Å². The second-order valence-corrected chi connectivity index (χ2v) is 4.93. The number of rotatable bonds is 7. The Hall–Kier alpha value is -0.480. The molecule has 17 heavy (non-hydrogen) atoms. The third-order valence-corrected chi connectivity index (χ3v) is 3.33. The van der Waals surface area contributed by atoms with E-state index in [1.807, 2.05) is 0 Å². The van der Waals surface area contributed by atoms with E-state index in [4.69, 9.17) is 0 Å². The quantitative estimate of drug-likeness (QED) is 0.715. The summed E-state index contributed by atoms with van der Waals surface area (Å²) in [7, 11) is 0. The van der Waals surface area contributed by atoms with Crippen LogP contribution in [0.15, 0.2) is 18.5 Å². The molecule has 1 aromatic heterocycles. The van der Waals surface area contributed by atoms with Gasteiger partial charge in [-0.05, 0) is 24.5 Å². The van der Waals surface area contributed by atoms with Crippen LogP contribution in [0.4, 0.5) is 4.39 Å². The molecule has 96 valence electrons. The fraction of sp³-hybridized carbons (Fsp3) is 0.615. The van der Waals surface area contributed by atoms with Crippen molar-refractivity contribution in [1.82, 2.24) is 9.88 Å². The molecule has 0 unspecified atom stereocenters. The Morgan fingerprint density at radius 2 is 2.06 bits per heavy atom. The Morgan fingerprint density at radius 3 is 2.59 bits per heavy atom. The normalized spacial score (nSPS) is 11.4. The number of halogens is 2. The summed E-state index contributed by atoms with van der Waals surface area (Å²) in [5.41, 5.74) is 0.942. The molecule has 0 amide bonds. The van der Waals surface area contributed by atoms with Crippen LogP contribution in [0.5, 0.6) is 0 Å². The van der Waals surface area contributed by atoms with Gasteiger partial charge in [-0.25, -0.2) is 4.39 Å². The number of hydrogen-bond donors (Lipinski definition) is 0. The molecule has 0 fully saturated rings. The summed E-state index contributed by atoms with van der Waals surface area (Å²) >= 11 is 3.47. The highest BCUT2D eigenvalue weighted by Crippen LogP contribution is 2.14. The topological polar surface area (TPSA) is 16.1 Å². The standard InChI is InChI=1S/C13H20BrFN2/c1-3-13(4-2)17(6-5-14)10-11-7-12(15)9-16-8-11/h7-9,13H,3-6,10H2,1-2H3. The minimum absolute atomic E-state index is 0.258. The summed E-state index contributed by atoms with van der Waals surface area (Å²) < 4.78 is 13.1. The lowest BCUT2D eigenvalue weighted by Gasteiger charge is -2.29. The van der Waals surface area contributed by atoms with E-state index in [9.17, 15) is 4.39 Å². The molecular formula is C13H20BrFN2. The van der Waals surface area contributed by atoms with E-state index in [0.29, 0.717) is 6.04 Å². The zero-order valence-corrected chi connectivity index (χ0v) is 12.1. The van der Waals surface area contributed by atoms with Gasteiger partial charge in [0, 0.05) is 30.7 Å². The molecule has 0 aliphatic heterocycles. The molecule has 0 saturated heterocycles. The molecule has 4 heteroatoms. The maximum atomic E-state index is 13.1. The predicted molar refractivity (Wildman–Crippen MR) is 72.8 cm³/mol. The third kappa shape index (κ3) is 4.72. The molecular weight excluding hydrogens is 283 g/mol. The summed E-state index contributed by atoms with van der Waals surface area (Å²) in [6.07, 6.45) is 5.22. The zero-order valence-electron chi connectivity index (χ0n) is 10.5. The van der Waals surface area contributed by atoms with Crippen molar-refractivity contribution in [2.75, 3.05) is 11.9 Å². The fourth-order valence-electron chi connectivity index (χ4n) is 2.08. The Morgan fingerprint density at radius 1 is 1.35 bits per heavy atom. The molecule has 0 N–H and O–H groups in total. The number of alkyl halides is 1. The maximum absolute atomic E-state index is 13.1. The average Bonchev–Trinajstić information content (AvgIpc) is 2.31. The molecule has 0 atom stereocenters. The molecule has 0 aliphatic rings. The van der Waals surface area contributed by atoms with Gasteiger partial charge in [0.05, 0.1) is 6.20 Å². The highest BCUT2D eigenvalue weighted by molar-refractivity contribution is 9.09. The summed E-state index contributed by atoms with van der Waals surface area (Å²) in [5, 5.41) is 0.937. The first-order chi connectivity index (χ1) is 8.21. The lowest BCUT2D eigenvalue weighted by molar-refractivity contribution is 0.188. The van der Waals surface area contributed by atoms with Gasteiger partial charge in [0.15, 0.2) is 0 Å². The van der Waals surface area contributed by atoms with Gasteiger partial charge in [0.25, 0.3) is 0 Å². The summed E-state index contributed by atoms with van der Waals surface area (Å²) in [5.74, 6) is -0.258. The Kier molecular flexibility index (Phi) is 6.66. The van der Waals surface area contributed by atoms with E-state index < -0.39 is 0 Å². The van der Waals surface area contributed by atoms with Crippen LogP contribution in [0.2, 0.25) is 0 Å².